The molecule has 0 bridgehead atoms. The van der Waals surface area contributed by atoms with Crippen LogP contribution >= 0.6 is 0 Å². The van der Waals surface area contributed by atoms with Gasteiger partial charge in [0.25, 0.3) is 0 Å². The van der Waals surface area contributed by atoms with E-state index in [0.717, 1.165) is 28.1 Å². The van der Waals surface area contributed by atoms with Gasteiger partial charge in [-0.3, -0.25) is 5.10 Å². The Morgan fingerprint density at radius 1 is 1.30 bits per heavy atom. The van der Waals surface area contributed by atoms with Crippen molar-refractivity contribution in [2.24, 2.45) is 0 Å². The Labute approximate surface area is 155 Å². The first-order valence-electron chi connectivity index (χ1n) is 8.77. The zero-order chi connectivity index (χ0) is 18.4. The normalized spacial score (nSPS) is 19.8. The Morgan fingerprint density at radius 3 is 3.07 bits per heavy atom. The van der Waals surface area contributed by atoms with Crippen LogP contribution in [0.1, 0.15) is 7.12 Å². The summed E-state index contributed by atoms with van der Waals surface area (Å²) in [4.78, 5) is 4.53. The number of aromatic amines is 1. The first kappa shape index (κ1) is 16.0. The number of aliphatic hydroxyl groups excluding tert-OH is 1. The minimum Gasteiger partial charge on any atom is -0.388 e. The molecule has 0 saturated carbocycles. The van der Waals surface area contributed by atoms with Gasteiger partial charge in [-0.25, -0.2) is 0 Å². The SMILES string of the molecule is Cc1[nH]nc2cc(Nc3nc4cccc(N[C@H]5COC[C@H]5O)n4n3)ccc12.[HH]. The molecule has 27 heavy (non-hydrogen) atoms. The van der Waals surface area contributed by atoms with Gasteiger partial charge in [0, 0.05) is 18.2 Å². The first-order chi connectivity index (χ1) is 13.2. The van der Waals surface area contributed by atoms with Gasteiger partial charge in [0.15, 0.2) is 5.65 Å². The molecule has 0 aliphatic carbocycles. The molecule has 1 aromatic carbocycles. The molecule has 9 nitrogen and oxygen atoms in total. The van der Waals surface area contributed by atoms with Gasteiger partial charge in [0.1, 0.15) is 5.82 Å². The summed E-state index contributed by atoms with van der Waals surface area (Å²) in [6, 6.07) is 11.5. The van der Waals surface area contributed by atoms with Gasteiger partial charge in [0.05, 0.1) is 30.9 Å². The summed E-state index contributed by atoms with van der Waals surface area (Å²) in [5.41, 5.74) is 3.49. The lowest BCUT2D eigenvalue weighted by Gasteiger charge is -2.16. The van der Waals surface area contributed by atoms with Gasteiger partial charge in [-0.2, -0.15) is 14.6 Å². The third kappa shape index (κ3) is 2.86. The number of ether oxygens (including phenoxy) is 1. The molecule has 4 N–H and O–H groups in total. The highest BCUT2D eigenvalue weighted by Crippen LogP contribution is 2.23. The minimum absolute atomic E-state index is 0. The number of nitrogens with one attached hydrogen (secondary N) is 3. The van der Waals surface area contributed by atoms with E-state index in [1.807, 2.05) is 43.3 Å². The second-order valence-electron chi connectivity index (χ2n) is 6.68. The summed E-state index contributed by atoms with van der Waals surface area (Å²) in [5, 5.41) is 29.4. The molecule has 0 spiro atoms. The van der Waals surface area contributed by atoms with Crippen molar-refractivity contribution in [3.8, 4) is 0 Å². The molecule has 1 saturated heterocycles. The van der Waals surface area contributed by atoms with Crippen molar-refractivity contribution >= 4 is 34.0 Å². The summed E-state index contributed by atoms with van der Waals surface area (Å²) in [6.45, 7) is 2.79. The maximum atomic E-state index is 9.96. The maximum absolute atomic E-state index is 9.96. The third-order valence-corrected chi connectivity index (χ3v) is 4.75. The summed E-state index contributed by atoms with van der Waals surface area (Å²) < 4.78 is 7.01. The Hall–Kier alpha value is -3.17. The average Bonchev–Trinajstić information content (AvgIpc) is 3.35. The molecule has 4 heterocycles. The van der Waals surface area contributed by atoms with Crippen LogP contribution in [-0.2, 0) is 4.74 Å². The number of fused-ring (bicyclic) bond motifs is 2. The molecule has 1 aliphatic heterocycles. The van der Waals surface area contributed by atoms with Gasteiger partial charge in [-0.1, -0.05) is 6.07 Å². The smallest absolute Gasteiger partial charge is 0.247 e. The molecule has 5 rings (SSSR count). The molecule has 0 unspecified atom stereocenters. The van der Waals surface area contributed by atoms with E-state index in [-0.39, 0.29) is 7.47 Å². The molecule has 4 aromatic rings. The minimum atomic E-state index is -0.537. The number of benzene rings is 1. The predicted octanol–water partition coefficient (Wildman–Crippen LogP) is 2.08. The number of rotatable bonds is 4. The average molecular weight is 367 g/mol. The van der Waals surface area contributed by atoms with Gasteiger partial charge in [0.2, 0.25) is 5.95 Å². The van der Waals surface area contributed by atoms with Crippen molar-refractivity contribution in [1.82, 2.24) is 24.8 Å². The zero-order valence-corrected chi connectivity index (χ0v) is 14.7. The molecule has 2 atom stereocenters. The van der Waals surface area contributed by atoms with Crippen LogP contribution in [0, 0.1) is 6.92 Å². The van der Waals surface area contributed by atoms with Crippen LogP contribution in [0.3, 0.4) is 0 Å². The van der Waals surface area contributed by atoms with Gasteiger partial charge in [-0.05, 0) is 37.3 Å². The number of aliphatic hydroxyl groups is 1. The lowest BCUT2D eigenvalue weighted by Crippen LogP contribution is -2.32. The van der Waals surface area contributed by atoms with Crippen molar-refractivity contribution in [2.75, 3.05) is 23.8 Å². The lowest BCUT2D eigenvalue weighted by molar-refractivity contribution is 0.125. The standard InChI is InChI=1S/C18H19N7O2.H2/c1-10-12-6-5-11(7-13(12)23-22-10)19-18-21-17-4-2-3-16(25(17)24-18)20-14-8-27-9-15(14)26;/h2-7,14-15,20,26H,8-9H2,1H3,(H,19,24)(H,22,23);1H/t14-,15+;/m0./s1. The van der Waals surface area contributed by atoms with Gasteiger partial charge < -0.3 is 20.5 Å². The van der Waals surface area contributed by atoms with Crippen LogP contribution in [-0.4, -0.2) is 55.3 Å². The fraction of sp³-hybridized carbons (Fsp3) is 0.278. The number of aromatic nitrogens is 5. The topological polar surface area (TPSA) is 112 Å². The second-order valence-corrected chi connectivity index (χ2v) is 6.68. The molecular weight excluding hydrogens is 346 g/mol. The van der Waals surface area contributed by atoms with Crippen molar-refractivity contribution in [1.29, 1.82) is 0 Å². The number of H-pyrrole nitrogens is 1. The zero-order valence-electron chi connectivity index (χ0n) is 14.7. The maximum Gasteiger partial charge on any atom is 0.247 e. The number of pyridine rings is 1. The monoisotopic (exact) mass is 367 g/mol. The van der Waals surface area contributed by atoms with E-state index in [0.29, 0.717) is 24.8 Å². The van der Waals surface area contributed by atoms with E-state index in [1.165, 1.54) is 0 Å². The number of hydrogen-bond acceptors (Lipinski definition) is 7. The van der Waals surface area contributed by atoms with Gasteiger partial charge >= 0.3 is 0 Å². The van der Waals surface area contributed by atoms with Crippen molar-refractivity contribution < 1.29 is 11.3 Å². The molecule has 0 radical (unpaired) electrons. The lowest BCUT2D eigenvalue weighted by atomic mass is 10.2. The summed E-state index contributed by atoms with van der Waals surface area (Å²) >= 11 is 0. The fourth-order valence-electron chi connectivity index (χ4n) is 3.29. The van der Waals surface area contributed by atoms with E-state index in [9.17, 15) is 5.11 Å². The summed E-state index contributed by atoms with van der Waals surface area (Å²) in [6.07, 6.45) is -0.537. The summed E-state index contributed by atoms with van der Waals surface area (Å²) in [5.74, 6) is 1.24. The van der Waals surface area contributed by atoms with Crippen LogP contribution in [0.4, 0.5) is 17.5 Å². The Kier molecular flexibility index (Phi) is 3.69. The molecule has 1 aliphatic rings. The second kappa shape index (κ2) is 6.22. The highest BCUT2D eigenvalue weighted by molar-refractivity contribution is 5.85. The largest absolute Gasteiger partial charge is 0.388 e. The molecule has 3 aromatic heterocycles. The van der Waals surface area contributed by atoms with E-state index in [2.05, 4.69) is 30.9 Å². The van der Waals surface area contributed by atoms with E-state index in [4.69, 9.17) is 4.74 Å². The van der Waals surface area contributed by atoms with Crippen LogP contribution in [0.25, 0.3) is 16.6 Å². The first-order valence-corrected chi connectivity index (χ1v) is 8.77. The molecule has 0 amide bonds. The molecule has 1 fully saturated rings. The van der Waals surface area contributed by atoms with Crippen molar-refractivity contribution in [3.05, 3.63) is 42.1 Å². The fourth-order valence-corrected chi connectivity index (χ4v) is 3.29. The molecule has 9 heteroatoms. The Bertz CT molecular complexity index is 1130. The van der Waals surface area contributed by atoms with E-state index in [1.54, 1.807) is 4.52 Å². The van der Waals surface area contributed by atoms with E-state index >= 15 is 0 Å². The third-order valence-electron chi connectivity index (χ3n) is 4.75. The van der Waals surface area contributed by atoms with Crippen molar-refractivity contribution in [3.63, 3.8) is 0 Å². The molecule has 140 valence electrons. The summed E-state index contributed by atoms with van der Waals surface area (Å²) in [7, 11) is 0. The Morgan fingerprint density at radius 2 is 2.22 bits per heavy atom. The highest BCUT2D eigenvalue weighted by Gasteiger charge is 2.26. The van der Waals surface area contributed by atoms with Crippen LogP contribution < -0.4 is 10.6 Å². The number of anilines is 3. The highest BCUT2D eigenvalue weighted by atomic mass is 16.5. The number of aryl methyl sites for hydroxylation is 1. The van der Waals surface area contributed by atoms with Crippen molar-refractivity contribution in [2.45, 2.75) is 19.1 Å². The van der Waals surface area contributed by atoms with Crippen LogP contribution in [0.15, 0.2) is 36.4 Å². The Balaban J connectivity index is 0.00000192. The van der Waals surface area contributed by atoms with Crippen LogP contribution in [0.5, 0.6) is 0 Å². The van der Waals surface area contributed by atoms with E-state index < -0.39 is 6.10 Å². The van der Waals surface area contributed by atoms with Crippen LogP contribution in [0.2, 0.25) is 0 Å². The number of nitrogens with zero attached hydrogens (tertiary/aromatic N) is 4. The predicted molar refractivity (Wildman–Crippen MR) is 103 cm³/mol. The number of hydrogen-bond donors (Lipinski definition) is 4. The van der Waals surface area contributed by atoms with Gasteiger partial charge in [-0.15, -0.1) is 5.10 Å². The quantitative estimate of drug-likeness (QED) is 0.437. The molecular formula is C18H21N7O2.